The summed E-state index contributed by atoms with van der Waals surface area (Å²) >= 11 is 3.81. The SMILES string of the molecule is CC(C)=CCCC(C)=CCCC(C)=CCSC(C)(C)Sc1ccc(O)cc1. The largest absolute Gasteiger partial charge is 0.508 e. The van der Waals surface area contributed by atoms with Gasteiger partial charge in [-0.05, 0) is 91.5 Å². The Kier molecular flexibility index (Phi) is 11.0. The molecule has 0 atom stereocenters. The second-order valence-electron chi connectivity index (χ2n) is 7.77. The highest BCUT2D eigenvalue weighted by atomic mass is 32.2. The van der Waals surface area contributed by atoms with Gasteiger partial charge in [0.1, 0.15) is 5.75 Å². The second kappa shape index (κ2) is 12.4. The van der Waals surface area contributed by atoms with Crippen molar-refractivity contribution in [3.63, 3.8) is 0 Å². The van der Waals surface area contributed by atoms with E-state index in [1.165, 1.54) is 28.0 Å². The highest BCUT2D eigenvalue weighted by molar-refractivity contribution is 8.18. The van der Waals surface area contributed by atoms with Crippen LogP contribution in [0.1, 0.15) is 67.2 Å². The van der Waals surface area contributed by atoms with E-state index in [4.69, 9.17) is 0 Å². The zero-order valence-corrected chi connectivity index (χ0v) is 19.5. The Morgan fingerprint density at radius 3 is 2.04 bits per heavy atom. The van der Waals surface area contributed by atoms with Gasteiger partial charge in [0.25, 0.3) is 0 Å². The van der Waals surface area contributed by atoms with Crippen molar-refractivity contribution in [3.05, 3.63) is 59.2 Å². The third kappa shape index (κ3) is 12.1. The maximum Gasteiger partial charge on any atom is 0.115 e. The van der Waals surface area contributed by atoms with E-state index in [-0.39, 0.29) is 4.08 Å². The van der Waals surface area contributed by atoms with Gasteiger partial charge in [-0.15, -0.1) is 23.5 Å². The predicted octanol–water partition coefficient (Wildman–Crippen LogP) is 8.37. The first-order valence-corrected chi connectivity index (χ1v) is 11.5. The molecule has 0 aliphatic rings. The molecular weight excluding hydrogens is 368 g/mol. The topological polar surface area (TPSA) is 20.2 Å². The van der Waals surface area contributed by atoms with E-state index >= 15 is 0 Å². The number of aromatic hydroxyl groups is 1. The molecule has 0 unspecified atom stereocenters. The summed E-state index contributed by atoms with van der Waals surface area (Å²) in [6, 6.07) is 7.47. The maximum absolute atomic E-state index is 9.40. The molecule has 1 rings (SSSR count). The van der Waals surface area contributed by atoms with Gasteiger partial charge in [-0.3, -0.25) is 0 Å². The smallest absolute Gasteiger partial charge is 0.115 e. The van der Waals surface area contributed by atoms with Crippen molar-refractivity contribution in [1.29, 1.82) is 0 Å². The van der Waals surface area contributed by atoms with Gasteiger partial charge in [-0.2, -0.15) is 0 Å². The molecule has 0 radical (unpaired) electrons. The van der Waals surface area contributed by atoms with Gasteiger partial charge in [-0.1, -0.05) is 34.9 Å². The van der Waals surface area contributed by atoms with E-state index in [1.54, 1.807) is 12.1 Å². The van der Waals surface area contributed by atoms with Crippen LogP contribution in [0.4, 0.5) is 0 Å². The Hall–Kier alpha value is -1.06. The summed E-state index contributed by atoms with van der Waals surface area (Å²) in [7, 11) is 0. The Morgan fingerprint density at radius 2 is 1.44 bits per heavy atom. The minimum Gasteiger partial charge on any atom is -0.508 e. The lowest BCUT2D eigenvalue weighted by Crippen LogP contribution is -2.08. The van der Waals surface area contributed by atoms with Crippen molar-refractivity contribution in [2.75, 3.05) is 5.75 Å². The van der Waals surface area contributed by atoms with Crippen LogP contribution >= 0.6 is 23.5 Å². The summed E-state index contributed by atoms with van der Waals surface area (Å²) in [5.41, 5.74) is 4.38. The summed E-state index contributed by atoms with van der Waals surface area (Å²) in [5, 5.41) is 9.40. The van der Waals surface area contributed by atoms with Gasteiger partial charge < -0.3 is 5.11 Å². The zero-order valence-electron chi connectivity index (χ0n) is 17.8. The third-order valence-electron chi connectivity index (χ3n) is 4.19. The minimum absolute atomic E-state index is 0.106. The molecule has 0 aromatic heterocycles. The van der Waals surface area contributed by atoms with Gasteiger partial charge in [0, 0.05) is 10.6 Å². The van der Waals surface area contributed by atoms with E-state index < -0.39 is 0 Å². The number of rotatable bonds is 11. The quantitative estimate of drug-likeness (QED) is 0.227. The first-order valence-electron chi connectivity index (χ1n) is 9.74. The number of hydrogen-bond donors (Lipinski definition) is 1. The molecule has 0 spiro atoms. The number of phenolic OH excluding ortho intramolecular Hbond substituents is 1. The monoisotopic (exact) mass is 404 g/mol. The van der Waals surface area contributed by atoms with Crippen molar-refractivity contribution in [1.82, 2.24) is 0 Å². The lowest BCUT2D eigenvalue weighted by Gasteiger charge is -2.23. The normalized spacial score (nSPS) is 13.0. The highest BCUT2D eigenvalue weighted by Crippen LogP contribution is 2.41. The molecule has 0 saturated carbocycles. The summed E-state index contributed by atoms with van der Waals surface area (Å²) in [6.07, 6.45) is 11.7. The molecule has 0 aliphatic carbocycles. The highest BCUT2D eigenvalue weighted by Gasteiger charge is 2.19. The lowest BCUT2D eigenvalue weighted by atomic mass is 10.1. The van der Waals surface area contributed by atoms with E-state index in [1.807, 2.05) is 35.7 Å². The Labute approximate surface area is 175 Å². The fraction of sp³-hybridized carbons (Fsp3) is 0.500. The van der Waals surface area contributed by atoms with Crippen molar-refractivity contribution >= 4 is 23.5 Å². The first kappa shape index (κ1) is 24.0. The standard InChI is InChI=1S/C24H36OS2/c1-19(2)9-7-10-20(3)11-8-12-21(4)17-18-26-24(5,6)27-23-15-13-22(25)14-16-23/h9,11,13-17,25H,7-8,10,12,18H2,1-6H3. The predicted molar refractivity (Wildman–Crippen MR) is 126 cm³/mol. The molecule has 1 N–H and O–H groups in total. The fourth-order valence-electron chi connectivity index (χ4n) is 2.55. The van der Waals surface area contributed by atoms with Crippen LogP contribution in [0.15, 0.2) is 64.1 Å². The van der Waals surface area contributed by atoms with E-state index in [0.717, 1.165) is 25.0 Å². The molecule has 0 saturated heterocycles. The molecule has 1 aromatic rings. The van der Waals surface area contributed by atoms with E-state index in [2.05, 4.69) is 59.8 Å². The molecule has 0 amide bonds. The fourth-order valence-corrected chi connectivity index (χ4v) is 4.89. The second-order valence-corrected chi connectivity index (χ2v) is 11.4. The van der Waals surface area contributed by atoms with Crippen LogP contribution in [0.25, 0.3) is 0 Å². The van der Waals surface area contributed by atoms with Crippen LogP contribution in [0.3, 0.4) is 0 Å². The van der Waals surface area contributed by atoms with Crippen LogP contribution < -0.4 is 0 Å². The van der Waals surface area contributed by atoms with Crippen molar-refractivity contribution in [3.8, 4) is 5.75 Å². The van der Waals surface area contributed by atoms with Gasteiger partial charge in [0.05, 0.1) is 4.08 Å². The molecule has 0 heterocycles. The van der Waals surface area contributed by atoms with Crippen LogP contribution in [-0.4, -0.2) is 14.9 Å². The van der Waals surface area contributed by atoms with Gasteiger partial charge in [0.15, 0.2) is 0 Å². The minimum atomic E-state index is 0.106. The molecule has 27 heavy (non-hydrogen) atoms. The molecule has 0 bridgehead atoms. The van der Waals surface area contributed by atoms with Gasteiger partial charge in [0.2, 0.25) is 0 Å². The van der Waals surface area contributed by atoms with Crippen LogP contribution in [0, 0.1) is 0 Å². The van der Waals surface area contributed by atoms with E-state index in [0.29, 0.717) is 5.75 Å². The summed E-state index contributed by atoms with van der Waals surface area (Å²) < 4.78 is 0.106. The molecule has 3 heteroatoms. The van der Waals surface area contributed by atoms with Crippen molar-refractivity contribution in [2.24, 2.45) is 0 Å². The Morgan fingerprint density at radius 1 is 0.889 bits per heavy atom. The Bertz CT molecular complexity index is 647. The van der Waals surface area contributed by atoms with E-state index in [9.17, 15) is 5.11 Å². The number of hydrogen-bond acceptors (Lipinski definition) is 3. The lowest BCUT2D eigenvalue weighted by molar-refractivity contribution is 0.475. The van der Waals surface area contributed by atoms with Gasteiger partial charge in [-0.25, -0.2) is 0 Å². The summed E-state index contributed by atoms with van der Waals surface area (Å²) in [5.74, 6) is 1.36. The molecule has 150 valence electrons. The van der Waals surface area contributed by atoms with Crippen LogP contribution in [0.5, 0.6) is 5.75 Å². The molecule has 0 aliphatic heterocycles. The summed E-state index contributed by atoms with van der Waals surface area (Å²) in [6.45, 7) is 13.3. The first-order chi connectivity index (χ1) is 12.7. The zero-order chi connectivity index (χ0) is 20.3. The van der Waals surface area contributed by atoms with Crippen molar-refractivity contribution in [2.45, 2.75) is 76.2 Å². The Balaban J connectivity index is 2.34. The van der Waals surface area contributed by atoms with Crippen molar-refractivity contribution < 1.29 is 5.11 Å². The van der Waals surface area contributed by atoms with Crippen LogP contribution in [-0.2, 0) is 0 Å². The van der Waals surface area contributed by atoms with Crippen LogP contribution in [0.2, 0.25) is 0 Å². The molecule has 1 aromatic carbocycles. The summed E-state index contributed by atoms with van der Waals surface area (Å²) in [4.78, 5) is 1.19. The number of thioether (sulfide) groups is 2. The average molecular weight is 405 g/mol. The number of benzene rings is 1. The molecular formula is C24H36OS2. The molecule has 1 nitrogen and oxygen atoms in total. The average Bonchev–Trinajstić information content (AvgIpc) is 2.56. The maximum atomic E-state index is 9.40. The number of allylic oxidation sites excluding steroid dienone is 5. The number of phenols is 1. The molecule has 0 fully saturated rings. The third-order valence-corrected chi connectivity index (χ3v) is 6.82. The van der Waals surface area contributed by atoms with Gasteiger partial charge >= 0.3 is 0 Å².